The smallest absolute Gasteiger partial charge is 0.0631 e. The molecule has 0 unspecified atom stereocenters. The third kappa shape index (κ3) is 2.80. The van der Waals surface area contributed by atoms with E-state index in [0.29, 0.717) is 0 Å². The van der Waals surface area contributed by atoms with Crippen molar-refractivity contribution < 1.29 is 0 Å². The van der Waals surface area contributed by atoms with Crippen LogP contribution in [0, 0.1) is 13.8 Å². The van der Waals surface area contributed by atoms with E-state index in [-0.39, 0.29) is 12.4 Å². The molecule has 4 heteroatoms. The number of aryl methyl sites for hydroxylation is 2. The Morgan fingerprint density at radius 2 is 2.00 bits per heavy atom. The summed E-state index contributed by atoms with van der Waals surface area (Å²) in [5.74, 6) is 0. The van der Waals surface area contributed by atoms with Crippen molar-refractivity contribution in [3.8, 4) is 0 Å². The van der Waals surface area contributed by atoms with Gasteiger partial charge in [-0.25, -0.2) is 0 Å². The van der Waals surface area contributed by atoms with Gasteiger partial charge in [0, 0.05) is 30.4 Å². The second kappa shape index (κ2) is 5.23. The van der Waals surface area contributed by atoms with E-state index in [1.54, 1.807) is 0 Å². The van der Waals surface area contributed by atoms with Crippen LogP contribution in [0.25, 0.3) is 0 Å². The molecule has 92 valence electrons. The number of nitrogens with two attached hydrogens (primary N) is 1. The molecule has 2 rings (SSSR count). The molecular weight excluding hydrogens is 234 g/mol. The van der Waals surface area contributed by atoms with E-state index in [2.05, 4.69) is 25.0 Å². The quantitative estimate of drug-likeness (QED) is 0.834. The monoisotopic (exact) mass is 251 g/mol. The number of nitrogens with zero attached hydrogens (tertiary/aromatic N) is 2. The maximum atomic E-state index is 5.77. The third-order valence-corrected chi connectivity index (χ3v) is 2.99. The first kappa shape index (κ1) is 13.6. The molecule has 0 atom stereocenters. The highest BCUT2D eigenvalue weighted by Gasteiger charge is 2.09. The molecule has 1 aromatic heterocycles. The maximum absolute atomic E-state index is 5.77. The summed E-state index contributed by atoms with van der Waals surface area (Å²) in [7, 11) is 1.98. The summed E-state index contributed by atoms with van der Waals surface area (Å²) in [6.07, 6.45) is 0.899. The van der Waals surface area contributed by atoms with E-state index in [4.69, 9.17) is 5.73 Å². The Morgan fingerprint density at radius 3 is 2.53 bits per heavy atom. The predicted molar refractivity (Wildman–Crippen MR) is 73.6 cm³/mol. The molecule has 2 aromatic rings. The highest BCUT2D eigenvalue weighted by Crippen LogP contribution is 2.18. The van der Waals surface area contributed by atoms with Gasteiger partial charge in [0.15, 0.2) is 0 Å². The van der Waals surface area contributed by atoms with Crippen LogP contribution in [0.4, 0.5) is 5.69 Å². The Kier molecular flexibility index (Phi) is 4.18. The van der Waals surface area contributed by atoms with E-state index in [0.717, 1.165) is 17.8 Å². The van der Waals surface area contributed by atoms with Crippen molar-refractivity contribution in [1.29, 1.82) is 0 Å². The zero-order valence-electron chi connectivity index (χ0n) is 10.4. The van der Waals surface area contributed by atoms with Gasteiger partial charge in [-0.3, -0.25) is 4.68 Å². The second-order valence-corrected chi connectivity index (χ2v) is 4.19. The molecule has 0 saturated carbocycles. The topological polar surface area (TPSA) is 43.8 Å². The van der Waals surface area contributed by atoms with Gasteiger partial charge in [-0.2, -0.15) is 5.10 Å². The number of benzene rings is 1. The van der Waals surface area contributed by atoms with Gasteiger partial charge in [0.1, 0.15) is 0 Å². The van der Waals surface area contributed by atoms with Gasteiger partial charge in [-0.05, 0) is 31.5 Å². The summed E-state index contributed by atoms with van der Waals surface area (Å²) in [6, 6.07) is 8.02. The summed E-state index contributed by atoms with van der Waals surface area (Å²) in [5, 5.41) is 4.41. The lowest BCUT2D eigenvalue weighted by atomic mass is 10.0. The third-order valence-electron chi connectivity index (χ3n) is 2.99. The summed E-state index contributed by atoms with van der Waals surface area (Å²) >= 11 is 0. The molecule has 0 aliphatic carbocycles. The predicted octanol–water partition coefficient (Wildman–Crippen LogP) is 2.63. The van der Waals surface area contributed by atoms with E-state index in [9.17, 15) is 0 Å². The average Bonchev–Trinajstić information content (AvgIpc) is 2.45. The Bertz CT molecular complexity index is 517. The number of hydrogen-bond donors (Lipinski definition) is 1. The molecule has 0 aliphatic heterocycles. The second-order valence-electron chi connectivity index (χ2n) is 4.19. The van der Waals surface area contributed by atoms with Crippen LogP contribution in [0.1, 0.15) is 22.5 Å². The lowest BCUT2D eigenvalue weighted by Crippen LogP contribution is -1.95. The molecule has 0 bridgehead atoms. The van der Waals surface area contributed by atoms with Gasteiger partial charge < -0.3 is 5.73 Å². The van der Waals surface area contributed by atoms with Crippen molar-refractivity contribution >= 4 is 18.1 Å². The molecule has 0 amide bonds. The van der Waals surface area contributed by atoms with Gasteiger partial charge >= 0.3 is 0 Å². The molecule has 0 aliphatic rings. The first-order chi connectivity index (χ1) is 7.58. The standard InChI is InChI=1S/C13H17N3.ClH/c1-9-13(10(2)16(3)15-9)8-11-5-4-6-12(14)7-11;/h4-7H,8,14H2,1-3H3;1H. The van der Waals surface area contributed by atoms with Crippen LogP contribution in [0.3, 0.4) is 0 Å². The maximum Gasteiger partial charge on any atom is 0.0631 e. The fourth-order valence-corrected chi connectivity index (χ4v) is 1.98. The summed E-state index contributed by atoms with van der Waals surface area (Å²) in [6.45, 7) is 4.15. The van der Waals surface area contributed by atoms with Crippen molar-refractivity contribution in [2.24, 2.45) is 7.05 Å². The molecule has 17 heavy (non-hydrogen) atoms. The average molecular weight is 252 g/mol. The van der Waals surface area contributed by atoms with Gasteiger partial charge in [-0.1, -0.05) is 12.1 Å². The van der Waals surface area contributed by atoms with E-state index < -0.39 is 0 Å². The summed E-state index contributed by atoms with van der Waals surface area (Å²) in [4.78, 5) is 0. The summed E-state index contributed by atoms with van der Waals surface area (Å²) < 4.78 is 1.93. The first-order valence-corrected chi connectivity index (χ1v) is 5.41. The largest absolute Gasteiger partial charge is 0.399 e. The number of aromatic nitrogens is 2. The minimum atomic E-state index is 0. The van der Waals surface area contributed by atoms with E-state index in [1.807, 2.05) is 29.9 Å². The zero-order valence-corrected chi connectivity index (χ0v) is 11.2. The van der Waals surface area contributed by atoms with Crippen LogP contribution >= 0.6 is 12.4 Å². The molecular formula is C13H18ClN3. The number of hydrogen-bond acceptors (Lipinski definition) is 2. The number of nitrogen functional groups attached to an aromatic ring is 1. The highest BCUT2D eigenvalue weighted by atomic mass is 35.5. The number of rotatable bonds is 2. The Balaban J connectivity index is 0.00000144. The van der Waals surface area contributed by atoms with E-state index >= 15 is 0 Å². The fourth-order valence-electron chi connectivity index (χ4n) is 1.98. The lowest BCUT2D eigenvalue weighted by molar-refractivity contribution is 0.730. The highest BCUT2D eigenvalue weighted by molar-refractivity contribution is 5.85. The normalized spacial score (nSPS) is 10.1. The Hall–Kier alpha value is -1.48. The van der Waals surface area contributed by atoms with Gasteiger partial charge in [0.25, 0.3) is 0 Å². The molecule has 2 N–H and O–H groups in total. The lowest BCUT2D eigenvalue weighted by Gasteiger charge is -2.03. The molecule has 0 radical (unpaired) electrons. The fraction of sp³-hybridized carbons (Fsp3) is 0.308. The van der Waals surface area contributed by atoms with Crippen LogP contribution in [-0.4, -0.2) is 9.78 Å². The van der Waals surface area contributed by atoms with Gasteiger partial charge in [0.05, 0.1) is 5.69 Å². The Morgan fingerprint density at radius 1 is 1.29 bits per heavy atom. The Labute approximate surface area is 108 Å². The van der Waals surface area contributed by atoms with Crippen LogP contribution in [-0.2, 0) is 13.5 Å². The zero-order chi connectivity index (χ0) is 11.7. The SMILES string of the molecule is Cc1nn(C)c(C)c1Cc1cccc(N)c1.Cl. The number of halogens is 1. The molecule has 1 aromatic carbocycles. The minimum Gasteiger partial charge on any atom is -0.399 e. The minimum absolute atomic E-state index is 0. The van der Waals surface area contributed by atoms with Crippen LogP contribution in [0.5, 0.6) is 0 Å². The molecule has 3 nitrogen and oxygen atoms in total. The van der Waals surface area contributed by atoms with Gasteiger partial charge in [0.2, 0.25) is 0 Å². The van der Waals surface area contributed by atoms with Crippen LogP contribution in [0.2, 0.25) is 0 Å². The molecule has 0 saturated heterocycles. The molecule has 0 spiro atoms. The van der Waals surface area contributed by atoms with Crippen molar-refractivity contribution in [2.75, 3.05) is 5.73 Å². The van der Waals surface area contributed by atoms with Crippen LogP contribution in [0.15, 0.2) is 24.3 Å². The first-order valence-electron chi connectivity index (χ1n) is 5.41. The van der Waals surface area contributed by atoms with Crippen molar-refractivity contribution in [1.82, 2.24) is 9.78 Å². The van der Waals surface area contributed by atoms with Gasteiger partial charge in [-0.15, -0.1) is 12.4 Å². The molecule has 1 heterocycles. The van der Waals surface area contributed by atoms with Crippen LogP contribution < -0.4 is 5.73 Å². The van der Waals surface area contributed by atoms with E-state index in [1.165, 1.54) is 16.8 Å². The van der Waals surface area contributed by atoms with Crippen molar-refractivity contribution in [3.63, 3.8) is 0 Å². The van der Waals surface area contributed by atoms with Crippen molar-refractivity contribution in [3.05, 3.63) is 46.8 Å². The number of anilines is 1. The van der Waals surface area contributed by atoms with Crippen molar-refractivity contribution in [2.45, 2.75) is 20.3 Å². The molecule has 0 fully saturated rings. The summed E-state index contributed by atoms with van der Waals surface area (Å²) in [5.41, 5.74) is 11.4.